The van der Waals surface area contributed by atoms with Crippen LogP contribution >= 0.6 is 11.3 Å². The van der Waals surface area contributed by atoms with Crippen molar-refractivity contribution in [2.24, 2.45) is 0 Å². The number of thiophene rings is 1. The Morgan fingerprint density at radius 3 is 2.68 bits per heavy atom. The van der Waals surface area contributed by atoms with Gasteiger partial charge < -0.3 is 15.5 Å². The summed E-state index contributed by atoms with van der Waals surface area (Å²) in [5, 5.41) is 8.60. The molecule has 2 aromatic heterocycles. The Bertz CT molecular complexity index is 681. The number of hydrogen-bond donors (Lipinski definition) is 2. The van der Waals surface area contributed by atoms with Gasteiger partial charge in [-0.05, 0) is 43.2 Å². The number of hydrogen-bond acceptors (Lipinski definition) is 6. The molecule has 0 aromatic carbocycles. The van der Waals surface area contributed by atoms with Gasteiger partial charge in [0.25, 0.3) is 0 Å². The molecule has 0 atom stereocenters. The molecule has 6 nitrogen and oxygen atoms in total. The molecule has 1 aliphatic carbocycles. The van der Waals surface area contributed by atoms with E-state index in [4.69, 9.17) is 0 Å². The summed E-state index contributed by atoms with van der Waals surface area (Å²) >= 11 is 1.63. The first kappa shape index (κ1) is 17.7. The molecule has 2 heterocycles. The fraction of sp³-hybridized carbons (Fsp3) is 0.500. The average Bonchev–Trinajstić information content (AvgIpc) is 3.10. The van der Waals surface area contributed by atoms with E-state index in [-0.39, 0.29) is 11.9 Å². The molecule has 1 fully saturated rings. The van der Waals surface area contributed by atoms with Gasteiger partial charge in [0, 0.05) is 37.3 Å². The predicted molar refractivity (Wildman–Crippen MR) is 102 cm³/mol. The Kier molecular flexibility index (Phi) is 5.86. The molecule has 1 saturated carbocycles. The molecule has 2 aromatic rings. The lowest BCUT2D eigenvalue weighted by Gasteiger charge is -2.29. The number of aromatic nitrogens is 2. The van der Waals surface area contributed by atoms with Crippen molar-refractivity contribution in [2.45, 2.75) is 44.2 Å². The average molecular weight is 359 g/mol. The molecule has 0 radical (unpaired) electrons. The van der Waals surface area contributed by atoms with E-state index in [1.807, 2.05) is 42.6 Å². The second kappa shape index (κ2) is 8.29. The van der Waals surface area contributed by atoms with Crippen LogP contribution in [0.15, 0.2) is 29.8 Å². The summed E-state index contributed by atoms with van der Waals surface area (Å²) in [4.78, 5) is 24.0. The van der Waals surface area contributed by atoms with Gasteiger partial charge in [-0.15, -0.1) is 11.3 Å². The maximum Gasteiger partial charge on any atom is 0.225 e. The van der Waals surface area contributed by atoms with Crippen LogP contribution in [0, 0.1) is 0 Å². The Morgan fingerprint density at radius 1 is 1.24 bits per heavy atom. The summed E-state index contributed by atoms with van der Waals surface area (Å²) in [7, 11) is 3.94. The van der Waals surface area contributed by atoms with Crippen LogP contribution in [0.1, 0.15) is 30.6 Å². The minimum atomic E-state index is 0.126. The van der Waals surface area contributed by atoms with Crippen molar-refractivity contribution in [1.82, 2.24) is 15.3 Å². The first-order valence-corrected chi connectivity index (χ1v) is 9.57. The van der Waals surface area contributed by atoms with Gasteiger partial charge in [0.2, 0.25) is 11.9 Å². The lowest BCUT2D eigenvalue weighted by molar-refractivity contribution is -0.121. The highest BCUT2D eigenvalue weighted by Gasteiger charge is 2.23. The third-order valence-electron chi connectivity index (χ3n) is 4.44. The summed E-state index contributed by atoms with van der Waals surface area (Å²) in [6.45, 7) is 0. The van der Waals surface area contributed by atoms with Gasteiger partial charge in [-0.1, -0.05) is 6.07 Å². The van der Waals surface area contributed by atoms with E-state index in [1.54, 1.807) is 17.5 Å². The van der Waals surface area contributed by atoms with Gasteiger partial charge in [-0.3, -0.25) is 4.79 Å². The Hall–Kier alpha value is -2.15. The van der Waals surface area contributed by atoms with Gasteiger partial charge in [0.1, 0.15) is 5.82 Å². The van der Waals surface area contributed by atoms with Gasteiger partial charge in [0.15, 0.2) is 0 Å². The number of rotatable bonds is 6. The molecule has 0 bridgehead atoms. The normalized spacial score (nSPS) is 20.1. The summed E-state index contributed by atoms with van der Waals surface area (Å²) in [6.07, 6.45) is 6.27. The van der Waals surface area contributed by atoms with Crippen molar-refractivity contribution in [2.75, 3.05) is 24.3 Å². The smallest absolute Gasteiger partial charge is 0.225 e. The van der Waals surface area contributed by atoms with Crippen molar-refractivity contribution < 1.29 is 4.79 Å². The van der Waals surface area contributed by atoms with Crippen molar-refractivity contribution >= 4 is 29.0 Å². The highest BCUT2D eigenvalue weighted by molar-refractivity contribution is 7.10. The second-order valence-electron chi connectivity index (χ2n) is 6.65. The molecule has 0 saturated heterocycles. The van der Waals surface area contributed by atoms with E-state index >= 15 is 0 Å². The fourth-order valence-electron chi connectivity index (χ4n) is 3.08. The molecule has 0 unspecified atom stereocenters. The standard InChI is InChI=1S/C18H25N5OS/c1-23(2)16-9-10-19-18(22-16)21-14-7-5-13(6-8-14)20-17(24)12-15-4-3-11-25-15/h3-4,9-11,13-14H,5-8,12H2,1-2H3,(H,20,24)(H,19,21,22). The van der Waals surface area contributed by atoms with Crippen LogP contribution in [0.3, 0.4) is 0 Å². The maximum absolute atomic E-state index is 12.1. The van der Waals surface area contributed by atoms with E-state index in [0.29, 0.717) is 18.4 Å². The lowest BCUT2D eigenvalue weighted by Crippen LogP contribution is -2.40. The van der Waals surface area contributed by atoms with Crippen LogP contribution in [-0.4, -0.2) is 42.1 Å². The van der Waals surface area contributed by atoms with Crippen LogP contribution in [0.5, 0.6) is 0 Å². The van der Waals surface area contributed by atoms with Crippen molar-refractivity contribution in [3.05, 3.63) is 34.7 Å². The number of carbonyl (C=O) groups is 1. The van der Waals surface area contributed by atoms with Crippen LogP contribution < -0.4 is 15.5 Å². The quantitative estimate of drug-likeness (QED) is 0.830. The Labute approximate surface area is 152 Å². The summed E-state index contributed by atoms with van der Waals surface area (Å²) in [5.74, 6) is 1.70. The largest absolute Gasteiger partial charge is 0.363 e. The third-order valence-corrected chi connectivity index (χ3v) is 5.32. The van der Waals surface area contributed by atoms with Crippen LogP contribution in [0.2, 0.25) is 0 Å². The topological polar surface area (TPSA) is 70.2 Å². The van der Waals surface area contributed by atoms with E-state index in [9.17, 15) is 4.79 Å². The van der Waals surface area contributed by atoms with Crippen molar-refractivity contribution in [3.63, 3.8) is 0 Å². The molecule has 2 N–H and O–H groups in total. The minimum Gasteiger partial charge on any atom is -0.363 e. The van der Waals surface area contributed by atoms with Crippen molar-refractivity contribution in [1.29, 1.82) is 0 Å². The predicted octanol–water partition coefficient (Wildman–Crippen LogP) is 2.69. The lowest BCUT2D eigenvalue weighted by atomic mass is 9.91. The summed E-state index contributed by atoms with van der Waals surface area (Å²) in [5.41, 5.74) is 0. The highest BCUT2D eigenvalue weighted by atomic mass is 32.1. The Morgan fingerprint density at radius 2 is 2.00 bits per heavy atom. The molecular weight excluding hydrogens is 334 g/mol. The van der Waals surface area contributed by atoms with Crippen LogP contribution in [0.4, 0.5) is 11.8 Å². The molecule has 3 rings (SSSR count). The molecule has 0 spiro atoms. The van der Waals surface area contributed by atoms with E-state index in [1.165, 1.54) is 0 Å². The molecular formula is C18H25N5OS. The highest BCUT2D eigenvalue weighted by Crippen LogP contribution is 2.22. The molecule has 134 valence electrons. The first-order valence-electron chi connectivity index (χ1n) is 8.69. The van der Waals surface area contributed by atoms with Gasteiger partial charge in [0.05, 0.1) is 6.42 Å². The summed E-state index contributed by atoms with van der Waals surface area (Å²) < 4.78 is 0. The minimum absolute atomic E-state index is 0.126. The second-order valence-corrected chi connectivity index (χ2v) is 7.68. The number of anilines is 2. The van der Waals surface area contributed by atoms with Crippen LogP contribution in [0.25, 0.3) is 0 Å². The van der Waals surface area contributed by atoms with E-state index in [2.05, 4.69) is 20.6 Å². The van der Waals surface area contributed by atoms with E-state index in [0.717, 1.165) is 36.4 Å². The Balaban J connectivity index is 1.44. The summed E-state index contributed by atoms with van der Waals surface area (Å²) in [6, 6.07) is 6.53. The molecule has 1 aliphatic rings. The third kappa shape index (κ3) is 5.16. The molecule has 1 amide bonds. The zero-order valence-corrected chi connectivity index (χ0v) is 15.6. The molecule has 25 heavy (non-hydrogen) atoms. The van der Waals surface area contributed by atoms with Crippen LogP contribution in [-0.2, 0) is 11.2 Å². The van der Waals surface area contributed by atoms with Gasteiger partial charge in [-0.2, -0.15) is 4.98 Å². The maximum atomic E-state index is 12.1. The molecule has 7 heteroatoms. The van der Waals surface area contributed by atoms with Gasteiger partial charge in [-0.25, -0.2) is 4.98 Å². The van der Waals surface area contributed by atoms with Crippen molar-refractivity contribution in [3.8, 4) is 0 Å². The SMILES string of the molecule is CN(C)c1ccnc(NC2CCC(NC(=O)Cc3cccs3)CC2)n1. The zero-order valence-electron chi connectivity index (χ0n) is 14.7. The zero-order chi connectivity index (χ0) is 17.6. The number of nitrogens with zero attached hydrogens (tertiary/aromatic N) is 3. The van der Waals surface area contributed by atoms with Gasteiger partial charge >= 0.3 is 0 Å². The fourth-order valence-corrected chi connectivity index (χ4v) is 3.79. The monoisotopic (exact) mass is 359 g/mol. The first-order chi connectivity index (χ1) is 12.1. The number of amides is 1. The molecule has 0 aliphatic heterocycles. The van der Waals surface area contributed by atoms with E-state index < -0.39 is 0 Å². The number of carbonyl (C=O) groups excluding carboxylic acids is 1. The number of nitrogens with one attached hydrogen (secondary N) is 2.